The number of benzene rings is 2. The second-order valence-corrected chi connectivity index (χ2v) is 9.20. The number of methoxy groups -OCH3 is 1. The highest BCUT2D eigenvalue weighted by Gasteiger charge is 2.26. The summed E-state index contributed by atoms with van der Waals surface area (Å²) >= 11 is 0. The lowest BCUT2D eigenvalue weighted by atomic mass is 10.0. The van der Waals surface area contributed by atoms with Gasteiger partial charge in [-0.3, -0.25) is 5.10 Å². The summed E-state index contributed by atoms with van der Waals surface area (Å²) in [6.45, 7) is 8.45. The van der Waals surface area contributed by atoms with Crippen molar-refractivity contribution in [3.05, 3.63) is 36.4 Å². The van der Waals surface area contributed by atoms with Crippen LogP contribution in [0.15, 0.2) is 36.4 Å². The van der Waals surface area contributed by atoms with Crippen molar-refractivity contribution in [1.82, 2.24) is 20.2 Å². The summed E-state index contributed by atoms with van der Waals surface area (Å²) in [5.41, 5.74) is 4.89. The Morgan fingerprint density at radius 2 is 2.06 bits per heavy atom. The molecular formula is C25H31N5O2. The number of ether oxygens (including phenoxy) is 2. The van der Waals surface area contributed by atoms with Gasteiger partial charge in [0.1, 0.15) is 11.4 Å². The van der Waals surface area contributed by atoms with E-state index in [1.165, 1.54) is 12.1 Å². The molecule has 2 atom stereocenters. The Morgan fingerprint density at radius 3 is 2.88 bits per heavy atom. The zero-order valence-corrected chi connectivity index (χ0v) is 19.2. The minimum Gasteiger partial charge on any atom is -0.497 e. The molecule has 5 rings (SSSR count). The highest BCUT2D eigenvalue weighted by molar-refractivity contribution is 5.94. The van der Waals surface area contributed by atoms with Crippen molar-refractivity contribution in [2.24, 2.45) is 5.92 Å². The molecular weight excluding hydrogens is 402 g/mol. The molecule has 0 aliphatic carbocycles. The molecule has 0 radical (unpaired) electrons. The van der Waals surface area contributed by atoms with Gasteiger partial charge in [0.2, 0.25) is 0 Å². The Balaban J connectivity index is 1.44. The molecule has 1 aliphatic heterocycles. The molecule has 1 fully saturated rings. The molecule has 3 heterocycles. The second-order valence-electron chi connectivity index (χ2n) is 9.20. The van der Waals surface area contributed by atoms with Gasteiger partial charge in [-0.1, -0.05) is 13.8 Å². The third-order valence-corrected chi connectivity index (χ3v) is 6.36. The molecule has 32 heavy (non-hydrogen) atoms. The first kappa shape index (κ1) is 20.8. The van der Waals surface area contributed by atoms with Crippen molar-refractivity contribution < 1.29 is 9.47 Å². The third-order valence-electron chi connectivity index (χ3n) is 6.36. The van der Waals surface area contributed by atoms with Gasteiger partial charge >= 0.3 is 0 Å². The van der Waals surface area contributed by atoms with E-state index >= 15 is 0 Å². The van der Waals surface area contributed by atoms with Gasteiger partial charge in [0.15, 0.2) is 5.82 Å². The van der Waals surface area contributed by atoms with Gasteiger partial charge in [0, 0.05) is 23.7 Å². The zero-order chi connectivity index (χ0) is 22.2. The molecule has 2 aromatic heterocycles. The SMILES string of the molecule is COc1ccc2[nH]nc(-c3nc4ccc(N5C[C@@H](CCC(C)C)OC[C@H]5C)cc4[nH]3)c2c1. The number of rotatable bonds is 6. The monoisotopic (exact) mass is 433 g/mol. The minimum absolute atomic E-state index is 0.284. The molecule has 1 aliphatic rings. The fourth-order valence-corrected chi connectivity index (χ4v) is 4.46. The number of nitrogens with zero attached hydrogens (tertiary/aromatic N) is 3. The molecule has 2 N–H and O–H groups in total. The van der Waals surface area contributed by atoms with E-state index in [0.717, 1.165) is 58.8 Å². The summed E-state index contributed by atoms with van der Waals surface area (Å²) in [6, 6.07) is 12.7. The van der Waals surface area contributed by atoms with Gasteiger partial charge in [-0.05, 0) is 62.1 Å². The van der Waals surface area contributed by atoms with Crippen LogP contribution in [0.4, 0.5) is 5.69 Å². The van der Waals surface area contributed by atoms with Gasteiger partial charge in [-0.25, -0.2) is 4.98 Å². The van der Waals surface area contributed by atoms with Crippen molar-refractivity contribution in [2.45, 2.75) is 45.8 Å². The molecule has 7 heteroatoms. The number of morpholine rings is 1. The van der Waals surface area contributed by atoms with Gasteiger partial charge in [-0.2, -0.15) is 5.10 Å². The van der Waals surface area contributed by atoms with Gasteiger partial charge < -0.3 is 19.4 Å². The third kappa shape index (κ3) is 3.93. The van der Waals surface area contributed by atoms with Crippen LogP contribution in [0.5, 0.6) is 5.75 Å². The summed E-state index contributed by atoms with van der Waals surface area (Å²) < 4.78 is 11.5. The molecule has 0 amide bonds. The lowest BCUT2D eigenvalue weighted by Crippen LogP contribution is -2.48. The smallest absolute Gasteiger partial charge is 0.159 e. The van der Waals surface area contributed by atoms with E-state index in [1.54, 1.807) is 7.11 Å². The largest absolute Gasteiger partial charge is 0.497 e. The van der Waals surface area contributed by atoms with Crippen LogP contribution in [0.1, 0.15) is 33.6 Å². The molecule has 0 bridgehead atoms. The van der Waals surface area contributed by atoms with Crippen molar-refractivity contribution in [3.8, 4) is 17.3 Å². The first-order chi connectivity index (χ1) is 15.5. The number of fused-ring (bicyclic) bond motifs is 2. The van der Waals surface area contributed by atoms with Crippen LogP contribution in [0, 0.1) is 5.92 Å². The summed E-state index contributed by atoms with van der Waals surface area (Å²) in [5, 5.41) is 8.58. The number of hydrogen-bond donors (Lipinski definition) is 2. The molecule has 0 unspecified atom stereocenters. The van der Waals surface area contributed by atoms with Crippen molar-refractivity contribution >= 4 is 27.6 Å². The van der Waals surface area contributed by atoms with E-state index in [1.807, 2.05) is 18.2 Å². The topological polar surface area (TPSA) is 79.1 Å². The standard InChI is InChI=1S/C25H31N5O2/c1-15(2)5-7-19-13-30(16(3)14-32-19)17-6-9-22-23(11-17)27-25(26-22)24-20-12-18(31-4)8-10-21(20)28-29-24/h6,8-12,15-16,19H,5,7,13-14H2,1-4H3,(H,26,27)(H,28,29)/t16-,19-/m1/s1. The van der Waals surface area contributed by atoms with E-state index in [0.29, 0.717) is 12.0 Å². The van der Waals surface area contributed by atoms with E-state index in [4.69, 9.17) is 14.5 Å². The molecule has 7 nitrogen and oxygen atoms in total. The van der Waals surface area contributed by atoms with Crippen molar-refractivity contribution in [3.63, 3.8) is 0 Å². The maximum atomic E-state index is 6.11. The van der Waals surface area contributed by atoms with Gasteiger partial charge in [0.05, 0.1) is 36.4 Å². The Labute approximate surface area is 188 Å². The lowest BCUT2D eigenvalue weighted by molar-refractivity contribution is 0.0149. The number of H-pyrrole nitrogens is 2. The second kappa shape index (κ2) is 8.47. The van der Waals surface area contributed by atoms with Crippen LogP contribution in [0.25, 0.3) is 33.5 Å². The maximum absolute atomic E-state index is 6.11. The average Bonchev–Trinajstić information content (AvgIpc) is 3.41. The highest BCUT2D eigenvalue weighted by Crippen LogP contribution is 2.31. The van der Waals surface area contributed by atoms with Crippen molar-refractivity contribution in [2.75, 3.05) is 25.2 Å². The normalized spacial score (nSPS) is 19.3. The summed E-state index contributed by atoms with van der Waals surface area (Å²) in [5.74, 6) is 2.25. The van der Waals surface area contributed by atoms with E-state index in [-0.39, 0.29) is 6.10 Å². The molecule has 168 valence electrons. The Bertz CT molecular complexity index is 1230. The summed E-state index contributed by atoms with van der Waals surface area (Å²) in [6.07, 6.45) is 2.58. The van der Waals surface area contributed by atoms with E-state index < -0.39 is 0 Å². The van der Waals surface area contributed by atoms with Gasteiger partial charge in [-0.15, -0.1) is 0 Å². The van der Waals surface area contributed by atoms with Crippen LogP contribution in [-0.2, 0) is 4.74 Å². The molecule has 0 saturated carbocycles. The maximum Gasteiger partial charge on any atom is 0.159 e. The minimum atomic E-state index is 0.284. The van der Waals surface area contributed by atoms with Crippen LogP contribution in [0.2, 0.25) is 0 Å². The Kier molecular flexibility index (Phi) is 5.51. The highest BCUT2D eigenvalue weighted by atomic mass is 16.5. The fraction of sp³-hybridized carbons (Fsp3) is 0.440. The predicted octanol–water partition coefficient (Wildman–Crippen LogP) is 5.14. The average molecular weight is 434 g/mol. The number of nitrogens with one attached hydrogen (secondary N) is 2. The van der Waals surface area contributed by atoms with E-state index in [9.17, 15) is 0 Å². The number of imidazole rings is 1. The number of aromatic amines is 2. The first-order valence-electron chi connectivity index (χ1n) is 11.4. The van der Waals surface area contributed by atoms with Crippen LogP contribution in [-0.4, -0.2) is 52.6 Å². The fourth-order valence-electron chi connectivity index (χ4n) is 4.46. The quantitative estimate of drug-likeness (QED) is 0.440. The summed E-state index contributed by atoms with van der Waals surface area (Å²) in [7, 11) is 1.67. The summed E-state index contributed by atoms with van der Waals surface area (Å²) in [4.78, 5) is 10.8. The molecule has 4 aromatic rings. The Hall–Kier alpha value is -3.06. The molecule has 1 saturated heterocycles. The predicted molar refractivity (Wildman–Crippen MR) is 128 cm³/mol. The van der Waals surface area contributed by atoms with Crippen LogP contribution < -0.4 is 9.64 Å². The lowest BCUT2D eigenvalue weighted by Gasteiger charge is -2.40. The van der Waals surface area contributed by atoms with Crippen LogP contribution in [0.3, 0.4) is 0 Å². The van der Waals surface area contributed by atoms with Gasteiger partial charge in [0.25, 0.3) is 0 Å². The number of aromatic nitrogens is 4. The zero-order valence-electron chi connectivity index (χ0n) is 19.2. The first-order valence-corrected chi connectivity index (χ1v) is 11.4. The van der Waals surface area contributed by atoms with Crippen LogP contribution >= 0.6 is 0 Å². The van der Waals surface area contributed by atoms with E-state index in [2.05, 4.69) is 59.1 Å². The molecule has 0 spiro atoms. The Morgan fingerprint density at radius 1 is 1.19 bits per heavy atom. The van der Waals surface area contributed by atoms with Crippen molar-refractivity contribution in [1.29, 1.82) is 0 Å². The molecule has 2 aromatic carbocycles. The number of hydrogen-bond acceptors (Lipinski definition) is 5. The number of anilines is 1.